The Morgan fingerprint density at radius 2 is 1.85 bits per heavy atom. The van der Waals surface area contributed by atoms with Gasteiger partial charge < -0.3 is 4.74 Å². The summed E-state index contributed by atoms with van der Waals surface area (Å²) in [5.41, 5.74) is 0.0815. The summed E-state index contributed by atoms with van der Waals surface area (Å²) in [6.07, 6.45) is 4.71. The molecule has 5 nitrogen and oxygen atoms in total. The summed E-state index contributed by atoms with van der Waals surface area (Å²) in [6.45, 7) is 0. The lowest BCUT2D eigenvalue weighted by Crippen LogP contribution is -2.13. The molecule has 3 rings (SSSR count). The normalized spacial score (nSPS) is 11.2. The van der Waals surface area contributed by atoms with E-state index < -0.39 is 15.8 Å². The Morgan fingerprint density at radius 3 is 2.48 bits per heavy atom. The molecule has 0 unspecified atom stereocenters. The average molecular weight is 425 g/mol. The van der Waals surface area contributed by atoms with Gasteiger partial charge in [0.05, 0.1) is 21.8 Å². The summed E-state index contributed by atoms with van der Waals surface area (Å²) < 4.78 is 46.9. The molecule has 0 radical (unpaired) electrons. The molecule has 1 aromatic heterocycles. The van der Waals surface area contributed by atoms with Crippen LogP contribution >= 0.6 is 23.4 Å². The van der Waals surface area contributed by atoms with Crippen molar-refractivity contribution in [1.82, 2.24) is 4.98 Å². The Balaban J connectivity index is 1.78. The zero-order valence-electron chi connectivity index (χ0n) is 14.0. The van der Waals surface area contributed by atoms with Crippen LogP contribution in [0.5, 0.6) is 11.5 Å². The number of nitrogens with one attached hydrogen (secondary N) is 1. The number of thioether (sulfide) groups is 1. The maximum absolute atomic E-state index is 14.3. The lowest BCUT2D eigenvalue weighted by molar-refractivity contribution is 0.441. The lowest BCUT2D eigenvalue weighted by Gasteiger charge is -2.11. The Kier molecular flexibility index (Phi) is 5.88. The summed E-state index contributed by atoms with van der Waals surface area (Å²) in [6, 6.07) is 11.7. The molecule has 2 aromatic carbocycles. The van der Waals surface area contributed by atoms with E-state index in [1.165, 1.54) is 54.5 Å². The number of hydrogen-bond donors (Lipinski definition) is 1. The van der Waals surface area contributed by atoms with Gasteiger partial charge in [0.1, 0.15) is 5.75 Å². The number of hydrogen-bond acceptors (Lipinski definition) is 5. The highest BCUT2D eigenvalue weighted by atomic mass is 35.5. The van der Waals surface area contributed by atoms with Crippen molar-refractivity contribution in [2.75, 3.05) is 11.0 Å². The van der Waals surface area contributed by atoms with Crippen molar-refractivity contribution in [3.05, 3.63) is 71.8 Å². The molecule has 0 spiro atoms. The molecule has 1 heterocycles. The fourth-order valence-electron chi connectivity index (χ4n) is 2.19. The van der Waals surface area contributed by atoms with Crippen LogP contribution in [0.1, 0.15) is 0 Å². The molecule has 0 amide bonds. The summed E-state index contributed by atoms with van der Waals surface area (Å²) in [7, 11) is -3.83. The smallest absolute Gasteiger partial charge is 0.261 e. The van der Waals surface area contributed by atoms with Crippen LogP contribution in [0.25, 0.3) is 0 Å². The number of nitrogens with zero attached hydrogens (tertiary/aromatic N) is 1. The molecular formula is C18H14ClFN2O3S2. The predicted molar refractivity (Wildman–Crippen MR) is 105 cm³/mol. The van der Waals surface area contributed by atoms with Crippen molar-refractivity contribution >= 4 is 39.1 Å². The molecule has 0 bridgehead atoms. The lowest BCUT2D eigenvalue weighted by atomic mass is 10.3. The minimum absolute atomic E-state index is 0.0775. The van der Waals surface area contributed by atoms with E-state index >= 15 is 0 Å². The topological polar surface area (TPSA) is 68.3 Å². The van der Waals surface area contributed by atoms with E-state index in [4.69, 9.17) is 16.3 Å². The van der Waals surface area contributed by atoms with Gasteiger partial charge in [-0.25, -0.2) is 12.8 Å². The van der Waals surface area contributed by atoms with Crippen LogP contribution in [-0.4, -0.2) is 19.7 Å². The summed E-state index contributed by atoms with van der Waals surface area (Å²) in [4.78, 5) is 4.88. The minimum Gasteiger partial charge on any atom is -0.453 e. The molecular weight excluding hydrogens is 411 g/mol. The Hall–Kier alpha value is -2.29. The quantitative estimate of drug-likeness (QED) is 0.551. The van der Waals surface area contributed by atoms with E-state index in [-0.39, 0.29) is 22.1 Å². The fourth-order valence-corrected chi connectivity index (χ4v) is 3.81. The SMILES string of the molecule is CSc1ccc(S(=O)(=O)Nc2ccc(Oc3cncc(Cl)c3)c(F)c2)cc1. The standard InChI is InChI=1S/C18H14ClFN2O3S2/c1-26-15-3-5-16(6-4-15)27(23,24)22-13-2-7-18(17(20)9-13)25-14-8-12(19)10-21-11-14/h2-11,22H,1H3. The second-order valence-corrected chi connectivity index (χ2v) is 8.37. The zero-order valence-corrected chi connectivity index (χ0v) is 16.4. The van der Waals surface area contributed by atoms with Gasteiger partial charge in [-0.3, -0.25) is 9.71 Å². The number of anilines is 1. The van der Waals surface area contributed by atoms with Crippen molar-refractivity contribution in [2.45, 2.75) is 9.79 Å². The van der Waals surface area contributed by atoms with Gasteiger partial charge in [0, 0.05) is 23.2 Å². The van der Waals surface area contributed by atoms with Crippen molar-refractivity contribution < 1.29 is 17.5 Å². The summed E-state index contributed by atoms with van der Waals surface area (Å²) in [5.74, 6) is -0.539. The van der Waals surface area contributed by atoms with E-state index in [1.807, 2.05) is 6.26 Å². The molecule has 3 aromatic rings. The highest BCUT2D eigenvalue weighted by Gasteiger charge is 2.15. The second kappa shape index (κ2) is 8.16. The van der Waals surface area contributed by atoms with Gasteiger partial charge in [-0.05, 0) is 42.7 Å². The molecule has 0 saturated carbocycles. The van der Waals surface area contributed by atoms with Crippen LogP contribution in [0.3, 0.4) is 0 Å². The molecule has 0 aliphatic rings. The Morgan fingerprint density at radius 1 is 1.11 bits per heavy atom. The molecule has 27 heavy (non-hydrogen) atoms. The van der Waals surface area contributed by atoms with Crippen LogP contribution in [0.15, 0.2) is 70.7 Å². The van der Waals surface area contributed by atoms with Crippen molar-refractivity contribution in [1.29, 1.82) is 0 Å². The number of ether oxygens (including phenoxy) is 1. The van der Waals surface area contributed by atoms with E-state index in [1.54, 1.807) is 12.1 Å². The number of rotatable bonds is 6. The van der Waals surface area contributed by atoms with Gasteiger partial charge in [-0.15, -0.1) is 11.8 Å². The first-order valence-electron chi connectivity index (χ1n) is 7.62. The minimum atomic E-state index is -3.83. The van der Waals surface area contributed by atoms with Gasteiger partial charge in [-0.2, -0.15) is 0 Å². The van der Waals surface area contributed by atoms with Crippen molar-refractivity contribution in [3.63, 3.8) is 0 Å². The van der Waals surface area contributed by atoms with Gasteiger partial charge in [0.15, 0.2) is 11.6 Å². The van der Waals surface area contributed by atoms with Gasteiger partial charge in [0.2, 0.25) is 0 Å². The van der Waals surface area contributed by atoms with Crippen LogP contribution < -0.4 is 9.46 Å². The maximum Gasteiger partial charge on any atom is 0.261 e. The fraction of sp³-hybridized carbons (Fsp3) is 0.0556. The molecule has 9 heteroatoms. The number of aromatic nitrogens is 1. The molecule has 0 aliphatic carbocycles. The zero-order chi connectivity index (χ0) is 19.4. The number of halogens is 2. The van der Waals surface area contributed by atoms with Crippen molar-refractivity contribution in [2.24, 2.45) is 0 Å². The number of sulfonamides is 1. The monoisotopic (exact) mass is 424 g/mol. The third kappa shape index (κ3) is 4.91. The highest BCUT2D eigenvalue weighted by molar-refractivity contribution is 7.98. The Labute approximate surface area is 165 Å². The van der Waals surface area contributed by atoms with E-state index in [0.29, 0.717) is 5.02 Å². The third-order valence-electron chi connectivity index (χ3n) is 3.46. The molecule has 140 valence electrons. The van der Waals surface area contributed by atoms with Gasteiger partial charge in [-0.1, -0.05) is 11.6 Å². The summed E-state index contributed by atoms with van der Waals surface area (Å²) >= 11 is 7.32. The largest absolute Gasteiger partial charge is 0.453 e. The van der Waals surface area contributed by atoms with Crippen LogP contribution in [-0.2, 0) is 10.0 Å². The van der Waals surface area contributed by atoms with Gasteiger partial charge in [0.25, 0.3) is 10.0 Å². The average Bonchev–Trinajstić information content (AvgIpc) is 2.64. The first kappa shape index (κ1) is 19.5. The first-order chi connectivity index (χ1) is 12.9. The maximum atomic E-state index is 14.3. The van der Waals surface area contributed by atoms with Gasteiger partial charge >= 0.3 is 0 Å². The number of benzene rings is 2. The van der Waals surface area contributed by atoms with Crippen LogP contribution in [0.4, 0.5) is 10.1 Å². The van der Waals surface area contributed by atoms with E-state index in [2.05, 4.69) is 9.71 Å². The highest BCUT2D eigenvalue weighted by Crippen LogP contribution is 2.28. The Bertz CT molecular complexity index is 1060. The first-order valence-corrected chi connectivity index (χ1v) is 10.7. The van der Waals surface area contributed by atoms with E-state index in [9.17, 15) is 12.8 Å². The third-order valence-corrected chi connectivity index (χ3v) is 5.81. The summed E-state index contributed by atoms with van der Waals surface area (Å²) in [5, 5.41) is 0.352. The molecule has 0 aliphatic heterocycles. The predicted octanol–water partition coefficient (Wildman–Crippen LogP) is 5.19. The molecule has 0 fully saturated rings. The molecule has 0 atom stereocenters. The molecule has 0 saturated heterocycles. The van der Waals surface area contributed by atoms with E-state index in [0.717, 1.165) is 11.0 Å². The second-order valence-electron chi connectivity index (χ2n) is 5.37. The number of pyridine rings is 1. The molecule has 1 N–H and O–H groups in total. The van der Waals surface area contributed by atoms with Crippen LogP contribution in [0, 0.1) is 5.82 Å². The van der Waals surface area contributed by atoms with Crippen molar-refractivity contribution in [3.8, 4) is 11.5 Å². The van der Waals surface area contributed by atoms with Crippen LogP contribution in [0.2, 0.25) is 5.02 Å².